The molecule has 0 aliphatic rings. The van der Waals surface area contributed by atoms with E-state index in [0.717, 1.165) is 18.7 Å². The number of aryl methyl sites for hydroxylation is 1. The topological polar surface area (TPSA) is 26.0 Å². The minimum Gasteiger partial charge on any atom is -0.449 e. The molecule has 0 saturated carbocycles. The fourth-order valence-corrected chi connectivity index (χ4v) is 0.701. The van der Waals surface area contributed by atoms with Crippen LogP contribution >= 0.6 is 0 Å². The van der Waals surface area contributed by atoms with Gasteiger partial charge in [-0.2, -0.15) is 0 Å². The second kappa shape index (κ2) is 3.88. The molecular formula is C8H10NO. The van der Waals surface area contributed by atoms with Crippen molar-refractivity contribution in [2.75, 3.05) is 0 Å². The molecule has 53 valence electrons. The Morgan fingerprint density at radius 1 is 1.70 bits per heavy atom. The van der Waals surface area contributed by atoms with Crippen LogP contribution in [0.3, 0.4) is 0 Å². The summed E-state index contributed by atoms with van der Waals surface area (Å²) in [5, 5.41) is 0. The van der Waals surface area contributed by atoms with E-state index in [1.54, 1.807) is 18.5 Å². The number of hydrogen-bond acceptors (Lipinski definition) is 2. The Morgan fingerprint density at radius 2 is 2.60 bits per heavy atom. The number of nitrogens with zero attached hydrogens (tertiary/aromatic N) is 1. The molecule has 0 aromatic carbocycles. The van der Waals surface area contributed by atoms with E-state index in [-0.39, 0.29) is 0 Å². The van der Waals surface area contributed by atoms with Gasteiger partial charge in [-0.05, 0) is 13.3 Å². The molecule has 0 atom stereocenters. The Balaban J connectivity index is 2.28. The average molecular weight is 136 g/mol. The lowest BCUT2D eigenvalue weighted by Gasteiger charge is -1.86. The minimum atomic E-state index is 0.790. The van der Waals surface area contributed by atoms with Crippen LogP contribution in [0.15, 0.2) is 29.0 Å². The predicted octanol–water partition coefficient (Wildman–Crippen LogP) is 2.00. The molecule has 0 unspecified atom stereocenters. The number of hydrogen-bond donors (Lipinski definition) is 0. The highest BCUT2D eigenvalue weighted by Gasteiger charge is 1.92. The summed E-state index contributed by atoms with van der Waals surface area (Å²) in [6.45, 7) is 3.57. The van der Waals surface area contributed by atoms with Gasteiger partial charge in [0.2, 0.25) is 0 Å². The Bertz CT molecular complexity index is 189. The van der Waals surface area contributed by atoms with E-state index in [4.69, 9.17) is 4.42 Å². The molecule has 1 rings (SSSR count). The molecule has 0 N–H and O–H groups in total. The van der Waals surface area contributed by atoms with E-state index >= 15 is 0 Å². The van der Waals surface area contributed by atoms with Gasteiger partial charge in [-0.25, -0.2) is 4.98 Å². The first-order valence-corrected chi connectivity index (χ1v) is 3.26. The molecule has 1 aromatic heterocycles. The fraction of sp³-hybridized carbons (Fsp3) is 0.250. The summed E-state index contributed by atoms with van der Waals surface area (Å²) >= 11 is 0. The number of aromatic nitrogens is 1. The zero-order chi connectivity index (χ0) is 7.23. The van der Waals surface area contributed by atoms with E-state index in [1.165, 1.54) is 0 Å². The summed E-state index contributed by atoms with van der Waals surface area (Å²) in [6, 6.07) is 0. The second-order valence-corrected chi connectivity index (χ2v) is 1.94. The van der Waals surface area contributed by atoms with Crippen LogP contribution in [0.2, 0.25) is 0 Å². The van der Waals surface area contributed by atoms with Crippen molar-refractivity contribution >= 4 is 0 Å². The third-order valence-electron chi connectivity index (χ3n) is 1.18. The Kier molecular flexibility index (Phi) is 2.74. The molecule has 10 heavy (non-hydrogen) atoms. The van der Waals surface area contributed by atoms with Gasteiger partial charge in [0.25, 0.3) is 0 Å². The van der Waals surface area contributed by atoms with Crippen LogP contribution in [0.1, 0.15) is 12.3 Å². The number of rotatable bonds is 3. The summed E-state index contributed by atoms with van der Waals surface area (Å²) in [5.74, 6) is 0.790. The minimum absolute atomic E-state index is 0.790. The summed E-state index contributed by atoms with van der Waals surface area (Å²) in [6.07, 6.45) is 8.82. The SMILES string of the molecule is [CH2]/C=C/CCc1ncco1. The maximum atomic E-state index is 5.01. The van der Waals surface area contributed by atoms with Crippen molar-refractivity contribution in [1.82, 2.24) is 4.98 Å². The lowest BCUT2D eigenvalue weighted by Crippen LogP contribution is -1.80. The largest absolute Gasteiger partial charge is 0.449 e. The highest BCUT2D eigenvalue weighted by atomic mass is 16.3. The smallest absolute Gasteiger partial charge is 0.194 e. The van der Waals surface area contributed by atoms with Crippen LogP contribution in [-0.2, 0) is 6.42 Å². The van der Waals surface area contributed by atoms with Crippen molar-refractivity contribution in [3.8, 4) is 0 Å². The highest BCUT2D eigenvalue weighted by molar-refractivity contribution is 4.88. The quantitative estimate of drug-likeness (QED) is 0.635. The first-order chi connectivity index (χ1) is 4.93. The summed E-state index contributed by atoms with van der Waals surface area (Å²) in [4.78, 5) is 3.97. The maximum absolute atomic E-state index is 5.01. The zero-order valence-corrected chi connectivity index (χ0v) is 5.79. The Labute approximate surface area is 60.6 Å². The van der Waals surface area contributed by atoms with Crippen molar-refractivity contribution in [2.45, 2.75) is 12.8 Å². The van der Waals surface area contributed by atoms with Gasteiger partial charge in [0.05, 0.1) is 6.20 Å². The second-order valence-electron chi connectivity index (χ2n) is 1.94. The third kappa shape index (κ3) is 2.05. The predicted molar refractivity (Wildman–Crippen MR) is 39.3 cm³/mol. The van der Waals surface area contributed by atoms with Crippen LogP contribution in [0.25, 0.3) is 0 Å². The van der Waals surface area contributed by atoms with E-state index in [9.17, 15) is 0 Å². The molecule has 1 aromatic rings. The molecule has 1 heterocycles. The van der Waals surface area contributed by atoms with Gasteiger partial charge in [0.1, 0.15) is 6.26 Å². The lowest BCUT2D eigenvalue weighted by molar-refractivity contribution is 0.495. The average Bonchev–Trinajstić information content (AvgIpc) is 2.41. The molecule has 2 heteroatoms. The Morgan fingerprint density at radius 3 is 3.20 bits per heavy atom. The van der Waals surface area contributed by atoms with E-state index in [2.05, 4.69) is 11.9 Å². The van der Waals surface area contributed by atoms with Crippen LogP contribution < -0.4 is 0 Å². The monoisotopic (exact) mass is 136 g/mol. The lowest BCUT2D eigenvalue weighted by atomic mass is 10.3. The number of allylic oxidation sites excluding steroid dienone is 2. The molecule has 0 spiro atoms. The summed E-state index contributed by atoms with van der Waals surface area (Å²) < 4.78 is 5.01. The van der Waals surface area contributed by atoms with Gasteiger partial charge in [-0.3, -0.25) is 0 Å². The first-order valence-electron chi connectivity index (χ1n) is 3.26. The molecule has 2 nitrogen and oxygen atoms in total. The van der Waals surface area contributed by atoms with Gasteiger partial charge in [0, 0.05) is 6.42 Å². The fourth-order valence-electron chi connectivity index (χ4n) is 0.701. The molecule has 0 aliphatic carbocycles. The van der Waals surface area contributed by atoms with E-state index in [0.29, 0.717) is 0 Å². The van der Waals surface area contributed by atoms with Gasteiger partial charge in [0.15, 0.2) is 5.89 Å². The van der Waals surface area contributed by atoms with Crippen LogP contribution in [0, 0.1) is 6.92 Å². The first kappa shape index (κ1) is 7.06. The van der Waals surface area contributed by atoms with Crippen LogP contribution in [0.5, 0.6) is 0 Å². The molecule has 0 saturated heterocycles. The van der Waals surface area contributed by atoms with E-state index in [1.807, 2.05) is 6.08 Å². The molecule has 0 bridgehead atoms. The Hall–Kier alpha value is -1.05. The molecule has 0 aliphatic heterocycles. The van der Waals surface area contributed by atoms with Gasteiger partial charge in [-0.15, -0.1) is 0 Å². The van der Waals surface area contributed by atoms with Crippen LogP contribution in [0.4, 0.5) is 0 Å². The van der Waals surface area contributed by atoms with E-state index < -0.39 is 0 Å². The van der Waals surface area contributed by atoms with Crippen molar-refractivity contribution in [3.63, 3.8) is 0 Å². The van der Waals surface area contributed by atoms with Crippen LogP contribution in [-0.4, -0.2) is 4.98 Å². The molecular weight excluding hydrogens is 126 g/mol. The number of oxazole rings is 1. The summed E-state index contributed by atoms with van der Waals surface area (Å²) in [7, 11) is 0. The maximum Gasteiger partial charge on any atom is 0.194 e. The van der Waals surface area contributed by atoms with Crippen molar-refractivity contribution in [1.29, 1.82) is 0 Å². The van der Waals surface area contributed by atoms with Gasteiger partial charge in [-0.1, -0.05) is 12.2 Å². The van der Waals surface area contributed by atoms with Gasteiger partial charge < -0.3 is 4.42 Å². The zero-order valence-electron chi connectivity index (χ0n) is 5.79. The molecule has 1 radical (unpaired) electrons. The van der Waals surface area contributed by atoms with Crippen molar-refractivity contribution < 1.29 is 4.42 Å². The normalized spacial score (nSPS) is 10.9. The van der Waals surface area contributed by atoms with Gasteiger partial charge >= 0.3 is 0 Å². The standard InChI is InChI=1S/C8H10NO/c1-2-3-4-5-8-9-6-7-10-8/h2-3,6-7H,1,4-5H2/b3-2+. The summed E-state index contributed by atoms with van der Waals surface area (Å²) in [5.41, 5.74) is 0. The third-order valence-corrected chi connectivity index (χ3v) is 1.18. The molecule has 0 amide bonds. The molecule has 0 fully saturated rings. The highest BCUT2D eigenvalue weighted by Crippen LogP contribution is 1.98. The van der Waals surface area contributed by atoms with Crippen molar-refractivity contribution in [2.24, 2.45) is 0 Å². The van der Waals surface area contributed by atoms with Crippen molar-refractivity contribution in [3.05, 3.63) is 37.4 Å².